The van der Waals surface area contributed by atoms with Crippen LogP contribution >= 0.6 is 11.3 Å². The smallest absolute Gasteiger partial charge is 0.271 e. The Bertz CT molecular complexity index is 967. The first-order valence-electron chi connectivity index (χ1n) is 7.63. The van der Waals surface area contributed by atoms with Gasteiger partial charge in [0.15, 0.2) is 0 Å². The fraction of sp³-hybridized carbons (Fsp3) is 0.267. The molecule has 8 nitrogen and oxygen atoms in total. The highest BCUT2D eigenvalue weighted by Crippen LogP contribution is 2.29. The maximum Gasteiger partial charge on any atom is 0.271 e. The molecular formula is C15H14FN3O5S2. The third-order valence-corrected chi connectivity index (χ3v) is 6.91. The van der Waals surface area contributed by atoms with Gasteiger partial charge in [0, 0.05) is 25.2 Å². The predicted molar refractivity (Wildman–Crippen MR) is 93.3 cm³/mol. The standard InChI is InChI=1S/C15H14FN3O5S2/c16-11-4-3-10(19(21)22)9-12(11)17-15(20)14-13(5-8-25-14)26(23,24)18-6-1-2-7-18/h3-5,8-9H,1-2,6-7H2,(H,17,20). The average Bonchev–Trinajstić information content (AvgIpc) is 3.28. The molecule has 1 aliphatic heterocycles. The highest BCUT2D eigenvalue weighted by molar-refractivity contribution is 7.89. The van der Waals surface area contributed by atoms with Gasteiger partial charge < -0.3 is 5.32 Å². The van der Waals surface area contributed by atoms with Gasteiger partial charge in [0.2, 0.25) is 10.0 Å². The van der Waals surface area contributed by atoms with Crippen molar-refractivity contribution in [2.75, 3.05) is 18.4 Å². The maximum atomic E-state index is 13.9. The van der Waals surface area contributed by atoms with Crippen LogP contribution in [0.3, 0.4) is 0 Å². The summed E-state index contributed by atoms with van der Waals surface area (Å²) in [5, 5.41) is 14.5. The van der Waals surface area contributed by atoms with E-state index in [1.54, 1.807) is 0 Å². The summed E-state index contributed by atoms with van der Waals surface area (Å²) in [5.74, 6) is -1.69. The van der Waals surface area contributed by atoms with Crippen molar-refractivity contribution in [3.8, 4) is 0 Å². The third-order valence-electron chi connectivity index (χ3n) is 3.93. The molecule has 26 heavy (non-hydrogen) atoms. The molecule has 0 atom stereocenters. The van der Waals surface area contributed by atoms with Crippen LogP contribution in [0.4, 0.5) is 15.8 Å². The number of rotatable bonds is 5. The van der Waals surface area contributed by atoms with E-state index >= 15 is 0 Å². The van der Waals surface area contributed by atoms with Crippen LogP contribution in [0, 0.1) is 15.9 Å². The van der Waals surface area contributed by atoms with E-state index in [9.17, 15) is 27.7 Å². The first-order valence-corrected chi connectivity index (χ1v) is 9.95. The predicted octanol–water partition coefficient (Wildman–Crippen LogP) is 2.83. The zero-order valence-corrected chi connectivity index (χ0v) is 15.0. The second-order valence-corrected chi connectivity index (χ2v) is 8.42. The molecule has 0 unspecified atom stereocenters. The molecule has 1 saturated heterocycles. The number of carbonyl (C=O) groups excluding carboxylic acids is 1. The Kier molecular flexibility index (Phi) is 5.03. The van der Waals surface area contributed by atoms with Crippen LogP contribution in [0.1, 0.15) is 22.5 Å². The van der Waals surface area contributed by atoms with Crippen molar-refractivity contribution in [3.05, 3.63) is 50.5 Å². The van der Waals surface area contributed by atoms with Crippen molar-refractivity contribution >= 4 is 38.6 Å². The Balaban J connectivity index is 1.90. The molecule has 1 N–H and O–H groups in total. The molecule has 3 rings (SSSR count). The molecule has 11 heteroatoms. The van der Waals surface area contributed by atoms with Gasteiger partial charge in [-0.3, -0.25) is 14.9 Å². The topological polar surface area (TPSA) is 110 Å². The van der Waals surface area contributed by atoms with Gasteiger partial charge in [-0.1, -0.05) is 0 Å². The van der Waals surface area contributed by atoms with E-state index in [2.05, 4.69) is 5.32 Å². The number of hydrogen-bond donors (Lipinski definition) is 1. The van der Waals surface area contributed by atoms with Crippen LogP contribution < -0.4 is 5.32 Å². The Labute approximate surface area is 152 Å². The van der Waals surface area contributed by atoms with Gasteiger partial charge in [0.25, 0.3) is 11.6 Å². The molecule has 1 aromatic heterocycles. The number of nitrogens with one attached hydrogen (secondary N) is 1. The summed E-state index contributed by atoms with van der Waals surface area (Å²) in [4.78, 5) is 22.3. The van der Waals surface area contributed by atoms with Crippen molar-refractivity contribution in [1.29, 1.82) is 0 Å². The molecule has 1 aliphatic rings. The molecule has 0 bridgehead atoms. The number of amides is 1. The number of nitro groups is 1. The zero-order valence-electron chi connectivity index (χ0n) is 13.3. The molecule has 0 saturated carbocycles. The van der Waals surface area contributed by atoms with E-state index in [1.165, 1.54) is 15.8 Å². The van der Waals surface area contributed by atoms with Gasteiger partial charge in [-0.2, -0.15) is 4.31 Å². The second kappa shape index (κ2) is 7.09. The van der Waals surface area contributed by atoms with E-state index in [4.69, 9.17) is 0 Å². The highest BCUT2D eigenvalue weighted by Gasteiger charge is 2.32. The fourth-order valence-corrected chi connectivity index (χ4v) is 5.45. The van der Waals surface area contributed by atoms with E-state index in [0.717, 1.165) is 42.4 Å². The van der Waals surface area contributed by atoms with Crippen LogP contribution in [-0.2, 0) is 10.0 Å². The second-order valence-electron chi connectivity index (χ2n) is 5.60. The van der Waals surface area contributed by atoms with Gasteiger partial charge in [-0.15, -0.1) is 11.3 Å². The van der Waals surface area contributed by atoms with E-state index < -0.39 is 32.4 Å². The molecule has 0 radical (unpaired) electrons. The lowest BCUT2D eigenvalue weighted by Gasteiger charge is -2.15. The van der Waals surface area contributed by atoms with Gasteiger partial charge in [-0.25, -0.2) is 12.8 Å². The molecule has 0 spiro atoms. The van der Waals surface area contributed by atoms with E-state index in [-0.39, 0.29) is 15.5 Å². The first kappa shape index (κ1) is 18.4. The number of sulfonamides is 1. The van der Waals surface area contributed by atoms with Crippen molar-refractivity contribution in [1.82, 2.24) is 4.31 Å². The summed E-state index contributed by atoms with van der Waals surface area (Å²) in [6.45, 7) is 0.775. The summed E-state index contributed by atoms with van der Waals surface area (Å²) in [6.07, 6.45) is 1.51. The van der Waals surface area contributed by atoms with Crippen molar-refractivity contribution < 1.29 is 22.5 Å². The lowest BCUT2D eigenvalue weighted by Crippen LogP contribution is -2.29. The lowest BCUT2D eigenvalue weighted by molar-refractivity contribution is -0.384. The minimum absolute atomic E-state index is 0.0946. The number of nitro benzene ring substituents is 1. The Morgan fingerprint density at radius 3 is 2.62 bits per heavy atom. The lowest BCUT2D eigenvalue weighted by atomic mass is 10.2. The number of non-ortho nitro benzene ring substituents is 1. The van der Waals surface area contributed by atoms with Crippen LogP contribution in [0.2, 0.25) is 0 Å². The van der Waals surface area contributed by atoms with Crippen LogP contribution in [0.15, 0.2) is 34.5 Å². The SMILES string of the molecule is O=C(Nc1cc([N+](=O)[O-])ccc1F)c1sccc1S(=O)(=O)N1CCCC1. The summed E-state index contributed by atoms with van der Waals surface area (Å²) in [5.41, 5.74) is -0.778. The van der Waals surface area contributed by atoms with E-state index in [1.807, 2.05) is 0 Å². The quantitative estimate of drug-likeness (QED) is 0.614. The number of carbonyl (C=O) groups is 1. The normalized spacial score (nSPS) is 15.1. The fourth-order valence-electron chi connectivity index (χ4n) is 2.64. The van der Waals surface area contributed by atoms with Crippen LogP contribution in [0.25, 0.3) is 0 Å². The van der Waals surface area contributed by atoms with Crippen molar-refractivity contribution in [2.45, 2.75) is 17.7 Å². The molecular weight excluding hydrogens is 385 g/mol. The number of anilines is 1. The number of nitrogens with zero attached hydrogens (tertiary/aromatic N) is 2. The summed E-state index contributed by atoms with van der Waals surface area (Å²) >= 11 is 0.905. The highest BCUT2D eigenvalue weighted by atomic mass is 32.2. The third kappa shape index (κ3) is 3.45. The Morgan fingerprint density at radius 2 is 1.96 bits per heavy atom. The maximum absolute atomic E-state index is 13.9. The van der Waals surface area contributed by atoms with Crippen LogP contribution in [0.5, 0.6) is 0 Å². The molecule has 138 valence electrons. The van der Waals surface area contributed by atoms with Crippen molar-refractivity contribution in [2.24, 2.45) is 0 Å². The summed E-state index contributed by atoms with van der Waals surface area (Å²) in [7, 11) is -3.81. The monoisotopic (exact) mass is 399 g/mol. The molecule has 1 aromatic carbocycles. The average molecular weight is 399 g/mol. The molecule has 2 aromatic rings. The van der Waals surface area contributed by atoms with Gasteiger partial charge in [-0.05, 0) is 30.4 Å². The molecule has 1 amide bonds. The Morgan fingerprint density at radius 1 is 1.27 bits per heavy atom. The largest absolute Gasteiger partial charge is 0.319 e. The van der Waals surface area contributed by atoms with E-state index in [0.29, 0.717) is 13.1 Å². The molecule has 2 heterocycles. The number of halogens is 1. The molecule has 1 fully saturated rings. The zero-order chi connectivity index (χ0) is 18.9. The minimum atomic E-state index is -3.81. The first-order chi connectivity index (χ1) is 12.3. The van der Waals surface area contributed by atoms with Gasteiger partial charge in [0.1, 0.15) is 15.6 Å². The molecule has 0 aliphatic carbocycles. The minimum Gasteiger partial charge on any atom is -0.319 e. The number of thiophene rings is 1. The van der Waals surface area contributed by atoms with Gasteiger partial charge >= 0.3 is 0 Å². The van der Waals surface area contributed by atoms with Crippen molar-refractivity contribution in [3.63, 3.8) is 0 Å². The number of hydrogen-bond acceptors (Lipinski definition) is 6. The van der Waals surface area contributed by atoms with Crippen LogP contribution in [-0.4, -0.2) is 36.6 Å². The number of benzene rings is 1. The summed E-state index contributed by atoms with van der Waals surface area (Å²) < 4.78 is 40.5. The Hall–Kier alpha value is -2.37. The van der Waals surface area contributed by atoms with Gasteiger partial charge in [0.05, 0.1) is 10.6 Å². The summed E-state index contributed by atoms with van der Waals surface area (Å²) in [6, 6.07) is 4.05.